The van der Waals surface area contributed by atoms with Gasteiger partial charge in [-0.2, -0.15) is 0 Å². The summed E-state index contributed by atoms with van der Waals surface area (Å²) in [5, 5.41) is 0. The number of rotatable bonds is 6. The van der Waals surface area contributed by atoms with Crippen LogP contribution in [0.3, 0.4) is 0 Å². The van der Waals surface area contributed by atoms with Crippen LogP contribution in [0.15, 0.2) is 48.5 Å². The summed E-state index contributed by atoms with van der Waals surface area (Å²) in [4.78, 5) is 25.5. The highest BCUT2D eigenvalue weighted by Gasteiger charge is 2.58. The molecule has 4 nitrogen and oxygen atoms in total. The fraction of sp³-hybridized carbons (Fsp3) is 0.500. The van der Waals surface area contributed by atoms with Crippen molar-refractivity contribution in [1.29, 1.82) is 0 Å². The monoisotopic (exact) mass is 432 g/mol. The maximum Gasteiger partial charge on any atom is 0.338 e. The number of esters is 2. The van der Waals surface area contributed by atoms with Gasteiger partial charge in [-0.1, -0.05) is 36.4 Å². The Labute approximate surface area is 190 Å². The van der Waals surface area contributed by atoms with E-state index in [1.807, 2.05) is 62.4 Å². The Morgan fingerprint density at radius 1 is 0.750 bits per heavy atom. The second kappa shape index (κ2) is 8.06. The van der Waals surface area contributed by atoms with Crippen LogP contribution in [-0.2, 0) is 9.47 Å². The third-order valence-corrected chi connectivity index (χ3v) is 8.05. The van der Waals surface area contributed by atoms with Gasteiger partial charge in [0.25, 0.3) is 0 Å². The van der Waals surface area contributed by atoms with E-state index in [9.17, 15) is 9.59 Å². The molecule has 0 atom stereocenters. The average Bonchev–Trinajstić information content (AvgIpc) is 2.76. The van der Waals surface area contributed by atoms with Gasteiger partial charge >= 0.3 is 11.9 Å². The fourth-order valence-corrected chi connectivity index (χ4v) is 7.18. The van der Waals surface area contributed by atoms with Gasteiger partial charge in [0.05, 0.1) is 24.3 Å². The number of carbonyl (C=O) groups is 2. The summed E-state index contributed by atoms with van der Waals surface area (Å²) < 4.78 is 11.8. The maximum atomic E-state index is 12.8. The number of carbonyl (C=O) groups excluding carboxylic acids is 2. The first-order valence-corrected chi connectivity index (χ1v) is 11.8. The maximum absolute atomic E-state index is 12.8. The van der Waals surface area contributed by atoms with Gasteiger partial charge in [-0.3, -0.25) is 0 Å². The molecule has 6 rings (SSSR count). The van der Waals surface area contributed by atoms with Crippen LogP contribution in [0.4, 0.5) is 0 Å². The van der Waals surface area contributed by atoms with Gasteiger partial charge in [-0.25, -0.2) is 9.59 Å². The summed E-state index contributed by atoms with van der Waals surface area (Å²) in [6.07, 6.45) is 6.74. The van der Waals surface area contributed by atoms with E-state index in [-0.39, 0.29) is 22.8 Å². The lowest BCUT2D eigenvalue weighted by molar-refractivity contribution is -0.147. The van der Waals surface area contributed by atoms with E-state index in [1.165, 1.54) is 6.42 Å². The lowest BCUT2D eigenvalue weighted by Gasteiger charge is -2.61. The highest BCUT2D eigenvalue weighted by molar-refractivity contribution is 5.91. The quantitative estimate of drug-likeness (QED) is 0.533. The number of ether oxygens (including phenoxy) is 2. The molecule has 2 aromatic carbocycles. The molecule has 4 saturated carbocycles. The molecule has 168 valence electrons. The molecule has 0 heterocycles. The first kappa shape index (κ1) is 21.2. The Kier molecular flexibility index (Phi) is 5.35. The summed E-state index contributed by atoms with van der Waals surface area (Å²) in [5.41, 5.74) is 3.25. The van der Waals surface area contributed by atoms with Gasteiger partial charge in [0.2, 0.25) is 0 Å². The molecule has 0 saturated heterocycles. The molecule has 0 radical (unpaired) electrons. The standard InChI is InChI=1S/C28H32O4/c1-19-7-3-5-9-23(19)25(29)31-17-27-12-21-11-22(13-27)15-28(14-21,16-27)18-32-26(30)24-10-6-4-8-20(24)2/h3-10,21-22H,11-18H2,1-2H3. The van der Waals surface area contributed by atoms with Crippen LogP contribution in [0.5, 0.6) is 0 Å². The molecule has 32 heavy (non-hydrogen) atoms. The van der Waals surface area contributed by atoms with Crippen molar-refractivity contribution < 1.29 is 19.1 Å². The predicted molar refractivity (Wildman–Crippen MR) is 122 cm³/mol. The summed E-state index contributed by atoms with van der Waals surface area (Å²) in [6, 6.07) is 15.2. The van der Waals surface area contributed by atoms with E-state index in [1.54, 1.807) is 0 Å². The van der Waals surface area contributed by atoms with Crippen molar-refractivity contribution in [2.24, 2.45) is 22.7 Å². The fourth-order valence-electron chi connectivity index (χ4n) is 7.18. The van der Waals surface area contributed by atoms with Crippen LogP contribution in [-0.4, -0.2) is 25.2 Å². The molecular formula is C28H32O4. The summed E-state index contributed by atoms with van der Waals surface area (Å²) >= 11 is 0. The SMILES string of the molecule is Cc1ccccc1C(=O)OCC12CC3CC(C1)CC(COC(=O)c1ccccc1C)(C3)C2. The third kappa shape index (κ3) is 3.96. The first-order valence-electron chi connectivity index (χ1n) is 11.8. The van der Waals surface area contributed by atoms with Crippen LogP contribution in [0, 0.1) is 36.5 Å². The number of hydrogen-bond donors (Lipinski definition) is 0. The molecular weight excluding hydrogens is 400 g/mol. The normalized spacial score (nSPS) is 30.2. The lowest BCUT2D eigenvalue weighted by Crippen LogP contribution is -2.55. The van der Waals surface area contributed by atoms with Gasteiger partial charge in [0.15, 0.2) is 0 Å². The van der Waals surface area contributed by atoms with E-state index >= 15 is 0 Å². The minimum atomic E-state index is -0.223. The van der Waals surface area contributed by atoms with Crippen LogP contribution in [0.25, 0.3) is 0 Å². The zero-order valence-corrected chi connectivity index (χ0v) is 19.1. The molecule has 0 unspecified atom stereocenters. The molecule has 4 bridgehead atoms. The summed E-state index contributed by atoms with van der Waals surface area (Å²) in [6.45, 7) is 4.83. The number of benzene rings is 2. The van der Waals surface area contributed by atoms with Crippen LogP contribution in [0.2, 0.25) is 0 Å². The average molecular weight is 433 g/mol. The molecule has 0 amide bonds. The van der Waals surface area contributed by atoms with Crippen molar-refractivity contribution in [1.82, 2.24) is 0 Å². The van der Waals surface area contributed by atoms with Crippen molar-refractivity contribution >= 4 is 11.9 Å². The topological polar surface area (TPSA) is 52.6 Å². The molecule has 4 fully saturated rings. The smallest absolute Gasteiger partial charge is 0.338 e. The van der Waals surface area contributed by atoms with Crippen molar-refractivity contribution in [2.75, 3.05) is 13.2 Å². The molecule has 4 aliphatic rings. The summed E-state index contributed by atoms with van der Waals surface area (Å²) in [5.74, 6) is 0.842. The Morgan fingerprint density at radius 2 is 1.16 bits per heavy atom. The van der Waals surface area contributed by atoms with Crippen LogP contribution < -0.4 is 0 Å². The van der Waals surface area contributed by atoms with E-state index < -0.39 is 0 Å². The Hall–Kier alpha value is -2.62. The minimum absolute atomic E-state index is 0.0253. The second-order valence-corrected chi connectivity index (χ2v) is 10.7. The minimum Gasteiger partial charge on any atom is -0.461 e. The highest BCUT2D eigenvalue weighted by Crippen LogP contribution is 2.65. The van der Waals surface area contributed by atoms with Gasteiger partial charge < -0.3 is 9.47 Å². The Bertz CT molecular complexity index is 946. The second-order valence-electron chi connectivity index (χ2n) is 10.7. The van der Waals surface area contributed by atoms with E-state index in [4.69, 9.17) is 9.47 Å². The Morgan fingerprint density at radius 3 is 1.56 bits per heavy atom. The molecule has 0 aliphatic heterocycles. The van der Waals surface area contributed by atoms with Crippen molar-refractivity contribution in [2.45, 2.75) is 52.4 Å². The molecule has 0 aromatic heterocycles. The molecule has 0 N–H and O–H groups in total. The first-order chi connectivity index (χ1) is 15.4. The van der Waals surface area contributed by atoms with Gasteiger partial charge in [-0.15, -0.1) is 0 Å². The zero-order chi connectivity index (χ0) is 22.3. The molecule has 4 heteroatoms. The third-order valence-electron chi connectivity index (χ3n) is 8.05. The molecule has 0 spiro atoms. The zero-order valence-electron chi connectivity index (χ0n) is 19.1. The van der Waals surface area contributed by atoms with Gasteiger partial charge in [0.1, 0.15) is 0 Å². The lowest BCUT2D eigenvalue weighted by atomic mass is 9.44. The van der Waals surface area contributed by atoms with Crippen LogP contribution >= 0.6 is 0 Å². The van der Waals surface area contributed by atoms with Crippen molar-refractivity contribution in [3.05, 3.63) is 70.8 Å². The molecule has 4 aliphatic carbocycles. The van der Waals surface area contributed by atoms with Crippen molar-refractivity contribution in [3.63, 3.8) is 0 Å². The largest absolute Gasteiger partial charge is 0.461 e. The van der Waals surface area contributed by atoms with E-state index in [2.05, 4.69) is 0 Å². The van der Waals surface area contributed by atoms with Crippen molar-refractivity contribution in [3.8, 4) is 0 Å². The Balaban J connectivity index is 1.28. The van der Waals surface area contributed by atoms with Gasteiger partial charge in [-0.05, 0) is 87.5 Å². The van der Waals surface area contributed by atoms with E-state index in [0.29, 0.717) is 36.2 Å². The highest BCUT2D eigenvalue weighted by atomic mass is 16.5. The van der Waals surface area contributed by atoms with Gasteiger partial charge in [0, 0.05) is 10.8 Å². The number of aryl methyl sites for hydroxylation is 2. The molecule has 2 aromatic rings. The summed E-state index contributed by atoms with van der Waals surface area (Å²) in [7, 11) is 0. The van der Waals surface area contributed by atoms with Crippen LogP contribution in [0.1, 0.15) is 70.4 Å². The predicted octanol–water partition coefficient (Wildman–Crippen LogP) is 5.90. The number of hydrogen-bond acceptors (Lipinski definition) is 4. The van der Waals surface area contributed by atoms with E-state index in [0.717, 1.165) is 43.2 Å².